The summed E-state index contributed by atoms with van der Waals surface area (Å²) in [7, 11) is 1.60. The monoisotopic (exact) mass is 293 g/mol. The van der Waals surface area contributed by atoms with Crippen molar-refractivity contribution in [3.63, 3.8) is 0 Å². The van der Waals surface area contributed by atoms with E-state index < -0.39 is 0 Å². The van der Waals surface area contributed by atoms with Gasteiger partial charge >= 0.3 is 0 Å². The van der Waals surface area contributed by atoms with Crippen molar-refractivity contribution in [2.75, 3.05) is 26.8 Å². The fourth-order valence-corrected chi connectivity index (χ4v) is 2.79. The first-order valence-corrected chi connectivity index (χ1v) is 7.07. The van der Waals surface area contributed by atoms with E-state index in [0.29, 0.717) is 43.7 Å². The Hall–Kier alpha value is -1.75. The number of ether oxygens (including phenoxy) is 1. The van der Waals surface area contributed by atoms with Crippen LogP contribution in [0.25, 0.3) is 0 Å². The number of halogens is 1. The molecule has 0 bridgehead atoms. The molecule has 0 saturated carbocycles. The average molecular weight is 293 g/mol. The summed E-state index contributed by atoms with van der Waals surface area (Å²) in [5.41, 5.74) is 1.23. The van der Waals surface area contributed by atoms with Gasteiger partial charge in [-0.25, -0.2) is 4.39 Å². The van der Waals surface area contributed by atoms with Crippen LogP contribution >= 0.6 is 0 Å². The first-order chi connectivity index (χ1) is 10.0. The SMILES string of the molecule is COCCN1C[C@H](Cc2cc(F)ccc2C(C)=O)CC1=O. The molecule has 2 rings (SSSR count). The normalized spacial score (nSPS) is 18.3. The number of ketones is 1. The number of likely N-dealkylation sites (tertiary alicyclic amines) is 1. The lowest BCUT2D eigenvalue weighted by atomic mass is 9.93. The Morgan fingerprint density at radius 1 is 1.48 bits per heavy atom. The summed E-state index contributed by atoms with van der Waals surface area (Å²) in [5, 5.41) is 0. The molecule has 1 amide bonds. The second-order valence-corrected chi connectivity index (χ2v) is 5.46. The van der Waals surface area contributed by atoms with Crippen LogP contribution < -0.4 is 0 Å². The molecule has 1 aliphatic heterocycles. The predicted octanol–water partition coefficient (Wildman–Crippen LogP) is 2.07. The van der Waals surface area contributed by atoms with Gasteiger partial charge in [-0.05, 0) is 43.0 Å². The van der Waals surface area contributed by atoms with Crippen molar-refractivity contribution < 1.29 is 18.7 Å². The van der Waals surface area contributed by atoms with Gasteiger partial charge in [-0.2, -0.15) is 0 Å². The summed E-state index contributed by atoms with van der Waals surface area (Å²) in [6.07, 6.45) is 0.986. The first kappa shape index (κ1) is 15.6. The fourth-order valence-electron chi connectivity index (χ4n) is 2.79. The fraction of sp³-hybridized carbons (Fsp3) is 0.500. The van der Waals surface area contributed by atoms with Gasteiger partial charge in [-0.15, -0.1) is 0 Å². The maximum atomic E-state index is 13.4. The number of benzene rings is 1. The highest BCUT2D eigenvalue weighted by Gasteiger charge is 2.29. The molecule has 1 aromatic rings. The first-order valence-electron chi connectivity index (χ1n) is 7.07. The molecule has 1 aliphatic rings. The zero-order chi connectivity index (χ0) is 15.4. The van der Waals surface area contributed by atoms with E-state index in [1.54, 1.807) is 12.0 Å². The van der Waals surface area contributed by atoms with Crippen molar-refractivity contribution >= 4 is 11.7 Å². The van der Waals surface area contributed by atoms with Crippen LogP contribution in [0.5, 0.6) is 0 Å². The van der Waals surface area contributed by atoms with Gasteiger partial charge in [0.25, 0.3) is 0 Å². The van der Waals surface area contributed by atoms with E-state index >= 15 is 0 Å². The van der Waals surface area contributed by atoms with E-state index in [-0.39, 0.29) is 23.4 Å². The Bertz CT molecular complexity index is 544. The van der Waals surface area contributed by atoms with Gasteiger partial charge in [0.15, 0.2) is 5.78 Å². The summed E-state index contributed by atoms with van der Waals surface area (Å²) in [6.45, 7) is 3.20. The number of amides is 1. The van der Waals surface area contributed by atoms with Crippen molar-refractivity contribution in [1.82, 2.24) is 4.90 Å². The lowest BCUT2D eigenvalue weighted by Gasteiger charge is -2.16. The van der Waals surface area contributed by atoms with Gasteiger partial charge in [0.2, 0.25) is 5.91 Å². The zero-order valence-corrected chi connectivity index (χ0v) is 12.4. The summed E-state index contributed by atoms with van der Waals surface area (Å²) in [5.74, 6) is -0.215. The van der Waals surface area contributed by atoms with Crippen LogP contribution in [0.2, 0.25) is 0 Å². The Labute approximate surface area is 123 Å². The number of carbonyl (C=O) groups excluding carboxylic acids is 2. The maximum absolute atomic E-state index is 13.4. The van der Waals surface area contributed by atoms with Crippen LogP contribution in [0, 0.1) is 11.7 Å². The number of hydrogen-bond acceptors (Lipinski definition) is 3. The van der Waals surface area contributed by atoms with E-state index in [1.807, 2.05) is 0 Å². The Kier molecular flexibility index (Phi) is 5.07. The van der Waals surface area contributed by atoms with E-state index in [2.05, 4.69) is 0 Å². The van der Waals surface area contributed by atoms with Crippen LogP contribution in [0.1, 0.15) is 29.3 Å². The van der Waals surface area contributed by atoms with E-state index in [4.69, 9.17) is 4.74 Å². The zero-order valence-electron chi connectivity index (χ0n) is 12.4. The summed E-state index contributed by atoms with van der Waals surface area (Å²) in [6, 6.07) is 4.22. The standard InChI is InChI=1S/C16H20FNO3/c1-11(19)15-4-3-14(17)9-13(15)7-12-8-16(20)18(10-12)5-6-21-2/h3-4,9,12H,5-8,10H2,1-2H3/t12-/m1/s1. The number of Topliss-reactive ketones (excluding diaryl/α,β-unsaturated/α-hetero) is 1. The molecular formula is C16H20FNO3. The van der Waals surface area contributed by atoms with Crippen molar-refractivity contribution in [1.29, 1.82) is 0 Å². The lowest BCUT2D eigenvalue weighted by Crippen LogP contribution is -2.29. The number of carbonyl (C=O) groups is 2. The number of methoxy groups -OCH3 is 1. The third-order valence-corrected chi connectivity index (χ3v) is 3.82. The molecule has 4 nitrogen and oxygen atoms in total. The second-order valence-electron chi connectivity index (χ2n) is 5.46. The molecular weight excluding hydrogens is 273 g/mol. The van der Waals surface area contributed by atoms with Gasteiger partial charge in [-0.3, -0.25) is 9.59 Å². The second kappa shape index (κ2) is 6.80. The summed E-state index contributed by atoms with van der Waals surface area (Å²) >= 11 is 0. The van der Waals surface area contributed by atoms with Gasteiger partial charge in [0.05, 0.1) is 6.61 Å². The topological polar surface area (TPSA) is 46.6 Å². The molecule has 1 heterocycles. The van der Waals surface area contributed by atoms with Crippen LogP contribution in [-0.2, 0) is 16.0 Å². The van der Waals surface area contributed by atoms with Crippen LogP contribution in [0.3, 0.4) is 0 Å². The molecule has 1 fully saturated rings. The van der Waals surface area contributed by atoms with Crippen molar-refractivity contribution in [2.45, 2.75) is 19.8 Å². The van der Waals surface area contributed by atoms with Crippen LogP contribution in [0.4, 0.5) is 4.39 Å². The minimum atomic E-state index is -0.351. The molecule has 0 aromatic heterocycles. The lowest BCUT2D eigenvalue weighted by molar-refractivity contribution is -0.128. The molecule has 1 atom stereocenters. The Balaban J connectivity index is 2.07. The van der Waals surface area contributed by atoms with Gasteiger partial charge in [0, 0.05) is 32.2 Å². The molecule has 1 saturated heterocycles. The molecule has 0 N–H and O–H groups in total. The molecule has 114 valence electrons. The maximum Gasteiger partial charge on any atom is 0.223 e. The highest BCUT2D eigenvalue weighted by molar-refractivity contribution is 5.95. The molecule has 21 heavy (non-hydrogen) atoms. The summed E-state index contributed by atoms with van der Waals surface area (Å²) < 4.78 is 18.4. The average Bonchev–Trinajstić information content (AvgIpc) is 2.76. The molecule has 0 radical (unpaired) electrons. The van der Waals surface area contributed by atoms with Crippen molar-refractivity contribution in [3.8, 4) is 0 Å². The quantitative estimate of drug-likeness (QED) is 0.754. The van der Waals surface area contributed by atoms with Gasteiger partial charge < -0.3 is 9.64 Å². The Morgan fingerprint density at radius 3 is 2.90 bits per heavy atom. The Morgan fingerprint density at radius 2 is 2.24 bits per heavy atom. The molecule has 1 aromatic carbocycles. The van der Waals surface area contributed by atoms with E-state index in [9.17, 15) is 14.0 Å². The molecule has 0 unspecified atom stereocenters. The predicted molar refractivity (Wildman–Crippen MR) is 76.7 cm³/mol. The smallest absolute Gasteiger partial charge is 0.223 e. The largest absolute Gasteiger partial charge is 0.383 e. The molecule has 5 heteroatoms. The third kappa shape index (κ3) is 3.88. The molecule has 0 spiro atoms. The highest BCUT2D eigenvalue weighted by atomic mass is 19.1. The number of hydrogen-bond donors (Lipinski definition) is 0. The third-order valence-electron chi connectivity index (χ3n) is 3.82. The highest BCUT2D eigenvalue weighted by Crippen LogP contribution is 2.24. The van der Waals surface area contributed by atoms with Crippen LogP contribution in [-0.4, -0.2) is 43.4 Å². The van der Waals surface area contributed by atoms with E-state index in [0.717, 1.165) is 0 Å². The van der Waals surface area contributed by atoms with Crippen molar-refractivity contribution in [3.05, 3.63) is 35.1 Å². The van der Waals surface area contributed by atoms with E-state index in [1.165, 1.54) is 25.1 Å². The molecule has 0 aliphatic carbocycles. The van der Waals surface area contributed by atoms with Gasteiger partial charge in [-0.1, -0.05) is 0 Å². The van der Waals surface area contributed by atoms with Gasteiger partial charge in [0.1, 0.15) is 5.82 Å². The minimum absolute atomic E-state index is 0.0782. The minimum Gasteiger partial charge on any atom is -0.383 e. The van der Waals surface area contributed by atoms with Crippen LogP contribution in [0.15, 0.2) is 18.2 Å². The number of rotatable bonds is 6. The van der Waals surface area contributed by atoms with Crippen molar-refractivity contribution in [2.24, 2.45) is 5.92 Å². The number of nitrogens with zero attached hydrogens (tertiary/aromatic N) is 1. The summed E-state index contributed by atoms with van der Waals surface area (Å²) in [4.78, 5) is 25.3.